The molecule has 0 heterocycles. The molecular weight excluding hydrogens is 244 g/mol. The van der Waals surface area contributed by atoms with Crippen LogP contribution in [0.4, 0.5) is 0 Å². The van der Waals surface area contributed by atoms with Crippen LogP contribution < -0.4 is 0 Å². The van der Waals surface area contributed by atoms with Crippen molar-refractivity contribution >= 4 is 11.9 Å². The highest BCUT2D eigenvalue weighted by molar-refractivity contribution is 5.81. The van der Waals surface area contributed by atoms with Gasteiger partial charge in [0.25, 0.3) is 0 Å². The lowest BCUT2D eigenvalue weighted by molar-refractivity contribution is -0.139. The Morgan fingerprint density at radius 2 is 1.95 bits per heavy atom. The van der Waals surface area contributed by atoms with Gasteiger partial charge >= 0.3 is 11.9 Å². The summed E-state index contributed by atoms with van der Waals surface area (Å²) < 4.78 is 5.02. The highest BCUT2D eigenvalue weighted by atomic mass is 16.5. The quantitative estimate of drug-likeness (QED) is 0.485. The van der Waals surface area contributed by atoms with Crippen LogP contribution in [0.25, 0.3) is 0 Å². The Balaban J connectivity index is 2.42. The summed E-state index contributed by atoms with van der Waals surface area (Å²) in [6.07, 6.45) is 1.60. The van der Waals surface area contributed by atoms with Crippen molar-refractivity contribution in [3.8, 4) is 0 Å². The van der Waals surface area contributed by atoms with Gasteiger partial charge in [-0.2, -0.15) is 0 Å². The Morgan fingerprint density at radius 1 is 1.26 bits per heavy atom. The maximum absolute atomic E-state index is 11.4. The first-order valence-corrected chi connectivity index (χ1v) is 5.92. The monoisotopic (exact) mass is 260 g/mol. The van der Waals surface area contributed by atoms with Gasteiger partial charge in [-0.05, 0) is 24.5 Å². The first-order valence-electron chi connectivity index (χ1n) is 5.92. The number of rotatable bonds is 6. The van der Waals surface area contributed by atoms with Gasteiger partial charge in [-0.3, -0.25) is 4.79 Å². The van der Waals surface area contributed by atoms with Gasteiger partial charge in [0, 0.05) is 6.42 Å². The average Bonchev–Trinajstić information content (AvgIpc) is 2.41. The van der Waals surface area contributed by atoms with E-state index in [2.05, 4.69) is 5.73 Å². The zero-order valence-corrected chi connectivity index (χ0v) is 10.8. The van der Waals surface area contributed by atoms with Crippen molar-refractivity contribution in [2.75, 3.05) is 0 Å². The van der Waals surface area contributed by atoms with E-state index in [4.69, 9.17) is 9.84 Å². The number of aliphatic carboxylic acids is 1. The standard InChI is InChI=1S/C15H16O4/c1-12(7-9-14(16)17)8-10-15(18)19-11-13-5-3-2-4-6-13/h2-6,10H,7,9,11H2,1H3,(H,16,17). The lowest BCUT2D eigenvalue weighted by Gasteiger charge is -2.00. The van der Waals surface area contributed by atoms with Gasteiger partial charge in [0.15, 0.2) is 0 Å². The van der Waals surface area contributed by atoms with Gasteiger partial charge in [0.05, 0.1) is 6.08 Å². The van der Waals surface area contributed by atoms with Gasteiger partial charge < -0.3 is 9.84 Å². The van der Waals surface area contributed by atoms with Crippen LogP contribution in [-0.2, 0) is 20.9 Å². The van der Waals surface area contributed by atoms with Gasteiger partial charge in [-0.1, -0.05) is 30.3 Å². The summed E-state index contributed by atoms with van der Waals surface area (Å²) in [7, 11) is 0. The fourth-order valence-corrected chi connectivity index (χ4v) is 1.32. The molecular formula is C15H16O4. The van der Waals surface area contributed by atoms with Crippen molar-refractivity contribution < 1.29 is 19.4 Å². The minimum atomic E-state index is -0.868. The second-order valence-electron chi connectivity index (χ2n) is 4.06. The lowest BCUT2D eigenvalue weighted by atomic mass is 10.2. The zero-order valence-electron chi connectivity index (χ0n) is 10.8. The number of carboxylic acid groups (broad SMARTS) is 1. The zero-order chi connectivity index (χ0) is 14.1. The summed E-state index contributed by atoms with van der Waals surface area (Å²) in [5, 5.41) is 8.51. The fourth-order valence-electron chi connectivity index (χ4n) is 1.32. The largest absolute Gasteiger partial charge is 0.481 e. The van der Waals surface area contributed by atoms with Crippen molar-refractivity contribution in [1.82, 2.24) is 0 Å². The molecule has 4 heteroatoms. The Bertz CT molecular complexity index is 496. The van der Waals surface area contributed by atoms with Gasteiger partial charge in [-0.15, -0.1) is 5.73 Å². The number of benzene rings is 1. The SMILES string of the molecule is CC(=C=CC(=O)OCc1ccccc1)CCC(=O)O. The Hall–Kier alpha value is -2.32. The van der Waals surface area contributed by atoms with Gasteiger partial charge in [-0.25, -0.2) is 4.79 Å². The third-order valence-corrected chi connectivity index (χ3v) is 2.37. The van der Waals surface area contributed by atoms with Crippen LogP contribution in [0.1, 0.15) is 25.3 Å². The van der Waals surface area contributed by atoms with E-state index in [1.54, 1.807) is 6.92 Å². The maximum atomic E-state index is 11.4. The lowest BCUT2D eigenvalue weighted by Crippen LogP contribution is -2.00. The minimum absolute atomic E-state index is 0.0335. The number of carboxylic acids is 1. The Kier molecular flexibility index (Phi) is 6.13. The second-order valence-corrected chi connectivity index (χ2v) is 4.06. The molecule has 0 aliphatic heterocycles. The van der Waals surface area contributed by atoms with Crippen LogP contribution in [0.2, 0.25) is 0 Å². The molecule has 1 N–H and O–H groups in total. The van der Waals surface area contributed by atoms with Crippen molar-refractivity contribution in [2.24, 2.45) is 0 Å². The molecule has 0 bridgehead atoms. The Labute approximate surface area is 112 Å². The molecule has 0 fully saturated rings. The number of ether oxygens (including phenoxy) is 1. The van der Waals surface area contributed by atoms with E-state index in [0.717, 1.165) is 5.56 Å². The minimum Gasteiger partial charge on any atom is -0.481 e. The molecule has 0 saturated heterocycles. The van der Waals surface area contributed by atoms with E-state index in [1.165, 1.54) is 6.08 Å². The second kappa shape index (κ2) is 7.90. The number of hydrogen-bond donors (Lipinski definition) is 1. The van der Waals surface area contributed by atoms with Gasteiger partial charge in [0.1, 0.15) is 6.61 Å². The van der Waals surface area contributed by atoms with E-state index < -0.39 is 11.9 Å². The van der Waals surface area contributed by atoms with E-state index in [9.17, 15) is 9.59 Å². The first-order chi connectivity index (χ1) is 9.08. The van der Waals surface area contributed by atoms with E-state index in [0.29, 0.717) is 12.0 Å². The van der Waals surface area contributed by atoms with Crippen molar-refractivity contribution in [3.05, 3.63) is 53.3 Å². The average molecular weight is 260 g/mol. The smallest absolute Gasteiger partial charge is 0.338 e. The van der Waals surface area contributed by atoms with Crippen LogP contribution in [-0.4, -0.2) is 17.0 Å². The molecule has 0 unspecified atom stereocenters. The fraction of sp³-hybridized carbons (Fsp3) is 0.267. The maximum Gasteiger partial charge on any atom is 0.338 e. The van der Waals surface area contributed by atoms with Gasteiger partial charge in [0.2, 0.25) is 0 Å². The first kappa shape index (κ1) is 14.7. The molecule has 0 spiro atoms. The van der Waals surface area contributed by atoms with Crippen LogP contribution >= 0.6 is 0 Å². The molecule has 0 amide bonds. The molecule has 0 atom stereocenters. The summed E-state index contributed by atoms with van der Waals surface area (Å²) in [6, 6.07) is 9.36. The van der Waals surface area contributed by atoms with E-state index in [-0.39, 0.29) is 13.0 Å². The summed E-state index contributed by atoms with van der Waals surface area (Å²) in [5.74, 6) is -1.36. The van der Waals surface area contributed by atoms with Crippen molar-refractivity contribution in [2.45, 2.75) is 26.4 Å². The molecule has 0 aliphatic carbocycles. The molecule has 4 nitrogen and oxygen atoms in total. The third-order valence-electron chi connectivity index (χ3n) is 2.37. The van der Waals surface area contributed by atoms with Crippen LogP contribution in [0.3, 0.4) is 0 Å². The topological polar surface area (TPSA) is 63.6 Å². The predicted molar refractivity (Wildman–Crippen MR) is 70.4 cm³/mol. The molecule has 1 aromatic rings. The molecule has 0 aliphatic rings. The number of esters is 1. The molecule has 0 saturated carbocycles. The Morgan fingerprint density at radius 3 is 2.58 bits per heavy atom. The molecule has 1 aromatic carbocycles. The van der Waals surface area contributed by atoms with Crippen LogP contribution in [0.5, 0.6) is 0 Å². The third kappa shape index (κ3) is 6.86. The number of carbonyl (C=O) groups is 2. The molecule has 0 radical (unpaired) electrons. The summed E-state index contributed by atoms with van der Waals surface area (Å²) in [5.41, 5.74) is 4.35. The van der Waals surface area contributed by atoms with E-state index >= 15 is 0 Å². The predicted octanol–water partition coefficient (Wildman–Crippen LogP) is 2.70. The summed E-state index contributed by atoms with van der Waals surface area (Å²) in [6.45, 7) is 1.94. The number of hydrogen-bond acceptors (Lipinski definition) is 3. The summed E-state index contributed by atoms with van der Waals surface area (Å²) >= 11 is 0. The van der Waals surface area contributed by atoms with E-state index in [1.807, 2.05) is 30.3 Å². The highest BCUT2D eigenvalue weighted by Crippen LogP contribution is 2.03. The highest BCUT2D eigenvalue weighted by Gasteiger charge is 1.99. The van der Waals surface area contributed by atoms with Crippen molar-refractivity contribution in [3.63, 3.8) is 0 Å². The van der Waals surface area contributed by atoms with Crippen LogP contribution in [0.15, 0.2) is 47.7 Å². The molecule has 0 aromatic heterocycles. The normalized spacial score (nSPS) is 9.32. The molecule has 1 rings (SSSR count). The molecule has 100 valence electrons. The van der Waals surface area contributed by atoms with Crippen molar-refractivity contribution in [1.29, 1.82) is 0 Å². The molecule has 19 heavy (non-hydrogen) atoms. The summed E-state index contributed by atoms with van der Waals surface area (Å²) in [4.78, 5) is 21.7. The van der Waals surface area contributed by atoms with Crippen LogP contribution in [0, 0.1) is 0 Å². The number of carbonyl (C=O) groups excluding carboxylic acids is 1.